The summed E-state index contributed by atoms with van der Waals surface area (Å²) in [5.74, 6) is 0.752. The molecule has 0 aliphatic carbocycles. The minimum Gasteiger partial charge on any atom is -0.496 e. The summed E-state index contributed by atoms with van der Waals surface area (Å²) < 4.78 is 23.8. The Morgan fingerprint density at radius 1 is 1.16 bits per heavy atom. The third-order valence-corrected chi connectivity index (χ3v) is 3.65. The fourth-order valence-corrected chi connectivity index (χ4v) is 2.39. The second-order valence-electron chi connectivity index (χ2n) is 5.30. The van der Waals surface area contributed by atoms with Crippen molar-refractivity contribution in [2.45, 2.75) is 6.61 Å². The van der Waals surface area contributed by atoms with Gasteiger partial charge >= 0.3 is 0 Å². The van der Waals surface area contributed by atoms with Crippen LogP contribution in [0.4, 0.5) is 10.1 Å². The first-order chi connectivity index (χ1) is 12.1. The number of halogens is 1. The Kier molecular flexibility index (Phi) is 4.81. The predicted molar refractivity (Wildman–Crippen MR) is 91.0 cm³/mol. The molecule has 0 aliphatic rings. The van der Waals surface area contributed by atoms with Gasteiger partial charge in [0.15, 0.2) is 0 Å². The zero-order chi connectivity index (χ0) is 17.8. The van der Waals surface area contributed by atoms with Gasteiger partial charge in [-0.25, -0.2) is 4.39 Å². The molecule has 3 aromatic rings. The number of furan rings is 1. The first kappa shape index (κ1) is 16.7. The van der Waals surface area contributed by atoms with E-state index in [1.807, 2.05) is 0 Å². The van der Waals surface area contributed by atoms with Gasteiger partial charge in [0, 0.05) is 11.3 Å². The molecule has 0 fully saturated rings. The lowest BCUT2D eigenvalue weighted by Crippen LogP contribution is -2.11. The predicted octanol–water partition coefficient (Wildman–Crippen LogP) is 3.84. The molecule has 6 heteroatoms. The molecule has 0 radical (unpaired) electrons. The number of methoxy groups -OCH3 is 1. The van der Waals surface area contributed by atoms with E-state index in [1.54, 1.807) is 30.3 Å². The Bertz CT molecular complexity index is 887. The van der Waals surface area contributed by atoms with Crippen molar-refractivity contribution in [3.63, 3.8) is 0 Å². The van der Waals surface area contributed by atoms with Crippen LogP contribution in [0, 0.1) is 5.82 Å². The van der Waals surface area contributed by atoms with Crippen molar-refractivity contribution in [2.24, 2.45) is 0 Å². The van der Waals surface area contributed by atoms with Gasteiger partial charge in [0.2, 0.25) is 0 Å². The van der Waals surface area contributed by atoms with Crippen LogP contribution in [0.15, 0.2) is 59.0 Å². The zero-order valence-electron chi connectivity index (χ0n) is 13.5. The summed E-state index contributed by atoms with van der Waals surface area (Å²) in [5.41, 5.74) is 1.52. The fourth-order valence-electron chi connectivity index (χ4n) is 2.39. The van der Waals surface area contributed by atoms with Gasteiger partial charge in [0.25, 0.3) is 5.91 Å². The fraction of sp³-hybridized carbons (Fsp3) is 0.105. The van der Waals surface area contributed by atoms with Gasteiger partial charge in [0.05, 0.1) is 12.7 Å². The van der Waals surface area contributed by atoms with E-state index in [-0.39, 0.29) is 12.5 Å². The number of aliphatic hydroxyl groups excluding tert-OH is 1. The minimum absolute atomic E-state index is 0.205. The monoisotopic (exact) mass is 341 g/mol. The second kappa shape index (κ2) is 7.19. The van der Waals surface area contributed by atoms with Crippen molar-refractivity contribution >= 4 is 11.6 Å². The quantitative estimate of drug-likeness (QED) is 0.740. The number of carbonyl (C=O) groups is 1. The summed E-state index contributed by atoms with van der Waals surface area (Å²) in [7, 11) is 1.53. The Hall–Kier alpha value is -3.12. The summed E-state index contributed by atoms with van der Waals surface area (Å²) in [6.07, 6.45) is 0. The molecule has 1 aromatic heterocycles. The van der Waals surface area contributed by atoms with E-state index in [2.05, 4.69) is 5.32 Å². The van der Waals surface area contributed by atoms with E-state index in [4.69, 9.17) is 14.3 Å². The summed E-state index contributed by atoms with van der Waals surface area (Å²) in [4.78, 5) is 12.3. The van der Waals surface area contributed by atoms with Crippen LogP contribution in [-0.2, 0) is 6.61 Å². The average molecular weight is 341 g/mol. The lowest BCUT2D eigenvalue weighted by atomic mass is 10.1. The SMILES string of the molecule is COc1ccc(NC(=O)c2ccc(F)cc2)cc1-c1ccc(CO)o1. The van der Waals surface area contributed by atoms with Gasteiger partial charge in [0.1, 0.15) is 29.7 Å². The maximum absolute atomic E-state index is 13.0. The summed E-state index contributed by atoms with van der Waals surface area (Å²) in [6, 6.07) is 13.8. The number of ether oxygens (including phenoxy) is 1. The smallest absolute Gasteiger partial charge is 0.255 e. The van der Waals surface area contributed by atoms with E-state index >= 15 is 0 Å². The van der Waals surface area contributed by atoms with Crippen LogP contribution in [0.25, 0.3) is 11.3 Å². The number of amides is 1. The second-order valence-corrected chi connectivity index (χ2v) is 5.30. The van der Waals surface area contributed by atoms with E-state index in [0.717, 1.165) is 0 Å². The van der Waals surface area contributed by atoms with E-state index in [1.165, 1.54) is 31.4 Å². The number of rotatable bonds is 5. The third-order valence-electron chi connectivity index (χ3n) is 3.65. The third kappa shape index (κ3) is 3.70. The Labute approximate surface area is 143 Å². The largest absolute Gasteiger partial charge is 0.496 e. The maximum atomic E-state index is 13.0. The molecule has 25 heavy (non-hydrogen) atoms. The Morgan fingerprint density at radius 2 is 1.92 bits per heavy atom. The Morgan fingerprint density at radius 3 is 2.56 bits per heavy atom. The number of anilines is 1. The van der Waals surface area contributed by atoms with Gasteiger partial charge in [-0.05, 0) is 54.6 Å². The molecule has 0 saturated heterocycles. The highest BCUT2D eigenvalue weighted by atomic mass is 19.1. The van der Waals surface area contributed by atoms with Gasteiger partial charge < -0.3 is 19.6 Å². The van der Waals surface area contributed by atoms with Crippen molar-refractivity contribution in [1.82, 2.24) is 0 Å². The molecule has 0 aliphatic heterocycles. The van der Waals surface area contributed by atoms with Crippen LogP contribution in [-0.4, -0.2) is 18.1 Å². The first-order valence-electron chi connectivity index (χ1n) is 7.55. The standard InChI is InChI=1S/C19H16FNO4/c1-24-17-8-6-14(10-16(17)18-9-7-15(11-22)25-18)21-19(23)12-2-4-13(20)5-3-12/h2-10,22H,11H2,1H3,(H,21,23). The first-order valence-corrected chi connectivity index (χ1v) is 7.55. The normalized spacial score (nSPS) is 10.5. The molecule has 128 valence electrons. The number of hydrogen-bond acceptors (Lipinski definition) is 4. The van der Waals surface area contributed by atoms with Crippen molar-refractivity contribution in [2.75, 3.05) is 12.4 Å². The van der Waals surface area contributed by atoms with Gasteiger partial charge in [-0.3, -0.25) is 4.79 Å². The highest BCUT2D eigenvalue weighted by Crippen LogP contribution is 2.34. The summed E-state index contributed by atoms with van der Waals surface area (Å²) >= 11 is 0. The lowest BCUT2D eigenvalue weighted by Gasteiger charge is -2.10. The minimum atomic E-state index is -0.402. The number of hydrogen-bond donors (Lipinski definition) is 2. The van der Waals surface area contributed by atoms with E-state index in [0.29, 0.717) is 34.1 Å². The number of carbonyl (C=O) groups excluding carboxylic acids is 1. The molecule has 1 amide bonds. The zero-order valence-corrected chi connectivity index (χ0v) is 13.5. The van der Waals surface area contributed by atoms with Crippen molar-refractivity contribution in [3.05, 3.63) is 71.7 Å². The average Bonchev–Trinajstić information content (AvgIpc) is 3.11. The molecule has 1 heterocycles. The molecule has 3 rings (SSSR count). The number of nitrogens with one attached hydrogen (secondary N) is 1. The molecule has 2 N–H and O–H groups in total. The van der Waals surface area contributed by atoms with Gasteiger partial charge in [-0.2, -0.15) is 0 Å². The summed E-state index contributed by atoms with van der Waals surface area (Å²) in [5, 5.41) is 11.9. The van der Waals surface area contributed by atoms with Crippen LogP contribution in [0.1, 0.15) is 16.1 Å². The lowest BCUT2D eigenvalue weighted by molar-refractivity contribution is 0.102. The molecule has 0 spiro atoms. The molecular formula is C19H16FNO4. The van der Waals surface area contributed by atoms with Crippen LogP contribution in [0.2, 0.25) is 0 Å². The van der Waals surface area contributed by atoms with Crippen molar-refractivity contribution in [3.8, 4) is 17.1 Å². The van der Waals surface area contributed by atoms with E-state index in [9.17, 15) is 9.18 Å². The molecule has 0 unspecified atom stereocenters. The molecule has 5 nitrogen and oxygen atoms in total. The summed E-state index contributed by atoms with van der Waals surface area (Å²) in [6.45, 7) is -0.205. The van der Waals surface area contributed by atoms with Gasteiger partial charge in [-0.1, -0.05) is 0 Å². The van der Waals surface area contributed by atoms with Crippen LogP contribution in [0.5, 0.6) is 5.75 Å². The number of benzene rings is 2. The van der Waals surface area contributed by atoms with Crippen molar-refractivity contribution < 1.29 is 23.4 Å². The molecule has 0 bridgehead atoms. The van der Waals surface area contributed by atoms with Crippen LogP contribution >= 0.6 is 0 Å². The highest BCUT2D eigenvalue weighted by Gasteiger charge is 2.13. The Balaban J connectivity index is 1.88. The van der Waals surface area contributed by atoms with Crippen molar-refractivity contribution in [1.29, 1.82) is 0 Å². The number of aliphatic hydroxyl groups is 1. The van der Waals surface area contributed by atoms with Crippen LogP contribution < -0.4 is 10.1 Å². The maximum Gasteiger partial charge on any atom is 0.255 e. The molecule has 0 atom stereocenters. The highest BCUT2D eigenvalue weighted by molar-refractivity contribution is 6.04. The van der Waals surface area contributed by atoms with E-state index < -0.39 is 5.82 Å². The molecular weight excluding hydrogens is 325 g/mol. The van der Waals surface area contributed by atoms with Crippen LogP contribution in [0.3, 0.4) is 0 Å². The molecule has 2 aromatic carbocycles. The molecule has 0 saturated carbocycles. The topological polar surface area (TPSA) is 71.7 Å². The van der Waals surface area contributed by atoms with Gasteiger partial charge in [-0.15, -0.1) is 0 Å².